The molecule has 0 bridgehead atoms. The largest absolute Gasteiger partial charge is 0.495 e. The predicted octanol–water partition coefficient (Wildman–Crippen LogP) is 3.73. The van der Waals surface area contributed by atoms with Crippen molar-refractivity contribution in [1.82, 2.24) is 9.78 Å². The molecular formula is C19H19BrN4O4S. The number of nitrogens with zero attached hydrogens (tertiary/aromatic N) is 2. The summed E-state index contributed by atoms with van der Waals surface area (Å²) in [5.74, 6) is 0.0175. The fourth-order valence-corrected chi connectivity index (χ4v) is 4.12. The van der Waals surface area contributed by atoms with Gasteiger partial charge in [-0.1, -0.05) is 12.1 Å². The number of benzene rings is 2. The Hall–Kier alpha value is -2.85. The van der Waals surface area contributed by atoms with Crippen molar-refractivity contribution in [2.24, 2.45) is 0 Å². The van der Waals surface area contributed by atoms with E-state index in [4.69, 9.17) is 4.74 Å². The number of amides is 1. The zero-order valence-corrected chi connectivity index (χ0v) is 18.1. The molecule has 3 rings (SSSR count). The van der Waals surface area contributed by atoms with E-state index in [2.05, 4.69) is 31.1 Å². The second-order valence-corrected chi connectivity index (χ2v) is 8.50. The molecule has 3 aromatic rings. The van der Waals surface area contributed by atoms with E-state index in [1.54, 1.807) is 35.1 Å². The third-order valence-electron chi connectivity index (χ3n) is 4.03. The number of halogens is 1. The van der Waals surface area contributed by atoms with Gasteiger partial charge in [0.2, 0.25) is 0 Å². The number of nitrogens with one attached hydrogen (secondary N) is 2. The van der Waals surface area contributed by atoms with Gasteiger partial charge in [-0.05, 0) is 59.3 Å². The molecule has 0 saturated heterocycles. The maximum absolute atomic E-state index is 12.6. The Morgan fingerprint density at radius 3 is 2.48 bits per heavy atom. The Balaban J connectivity index is 1.75. The van der Waals surface area contributed by atoms with Crippen molar-refractivity contribution in [3.63, 3.8) is 0 Å². The summed E-state index contributed by atoms with van der Waals surface area (Å²) < 4.78 is 35.1. The summed E-state index contributed by atoms with van der Waals surface area (Å²) in [6.07, 6.45) is 1.72. The van der Waals surface area contributed by atoms with Gasteiger partial charge in [0.1, 0.15) is 5.75 Å². The van der Waals surface area contributed by atoms with Gasteiger partial charge in [-0.15, -0.1) is 0 Å². The summed E-state index contributed by atoms with van der Waals surface area (Å²) in [4.78, 5) is 12.4. The number of ether oxygens (including phenoxy) is 1. The van der Waals surface area contributed by atoms with Gasteiger partial charge in [-0.2, -0.15) is 5.10 Å². The molecule has 1 aromatic heterocycles. The molecule has 0 aliphatic rings. The van der Waals surface area contributed by atoms with Crippen LogP contribution in [0.4, 0.5) is 11.4 Å². The van der Waals surface area contributed by atoms with Crippen molar-refractivity contribution >= 4 is 43.2 Å². The molecular weight excluding hydrogens is 460 g/mol. The van der Waals surface area contributed by atoms with Crippen LogP contribution in [-0.4, -0.2) is 31.2 Å². The number of anilines is 2. The number of aromatic nitrogens is 2. The minimum absolute atomic E-state index is 0.0536. The smallest absolute Gasteiger partial charge is 0.277 e. The molecule has 0 spiro atoms. The first-order valence-electron chi connectivity index (χ1n) is 8.64. The Labute approximate surface area is 177 Å². The molecule has 0 fully saturated rings. The van der Waals surface area contributed by atoms with E-state index in [0.29, 0.717) is 28.1 Å². The molecule has 0 unspecified atom stereocenters. The van der Waals surface area contributed by atoms with Crippen LogP contribution in [0.5, 0.6) is 5.75 Å². The second kappa shape index (κ2) is 8.66. The summed E-state index contributed by atoms with van der Waals surface area (Å²) in [5.41, 5.74) is 1.04. The first-order valence-corrected chi connectivity index (χ1v) is 10.9. The summed E-state index contributed by atoms with van der Waals surface area (Å²) >= 11 is 3.31. The van der Waals surface area contributed by atoms with E-state index in [9.17, 15) is 13.2 Å². The first kappa shape index (κ1) is 20.9. The monoisotopic (exact) mass is 478 g/mol. The van der Waals surface area contributed by atoms with Crippen LogP contribution in [0.1, 0.15) is 17.4 Å². The molecule has 0 aliphatic heterocycles. The van der Waals surface area contributed by atoms with Crippen molar-refractivity contribution in [2.45, 2.75) is 18.4 Å². The Morgan fingerprint density at radius 1 is 1.17 bits per heavy atom. The molecule has 1 heterocycles. The number of sulfonamides is 1. The second-order valence-electron chi connectivity index (χ2n) is 5.97. The minimum atomic E-state index is -3.82. The summed E-state index contributed by atoms with van der Waals surface area (Å²) in [6, 6.07) is 12.6. The number of rotatable bonds is 7. The van der Waals surface area contributed by atoms with E-state index in [1.807, 2.05) is 6.92 Å². The summed E-state index contributed by atoms with van der Waals surface area (Å²) in [5, 5.41) is 6.89. The molecule has 0 radical (unpaired) electrons. The van der Waals surface area contributed by atoms with E-state index >= 15 is 0 Å². The molecule has 152 valence electrons. The van der Waals surface area contributed by atoms with E-state index in [0.717, 1.165) is 0 Å². The van der Waals surface area contributed by atoms with Gasteiger partial charge < -0.3 is 10.1 Å². The Bertz CT molecular complexity index is 1130. The quantitative estimate of drug-likeness (QED) is 0.538. The molecule has 0 saturated carbocycles. The van der Waals surface area contributed by atoms with Crippen molar-refractivity contribution in [1.29, 1.82) is 0 Å². The van der Waals surface area contributed by atoms with Gasteiger partial charge in [0.15, 0.2) is 5.69 Å². The highest BCUT2D eigenvalue weighted by molar-refractivity contribution is 9.10. The van der Waals surface area contributed by atoms with Crippen molar-refractivity contribution in [3.8, 4) is 5.75 Å². The maximum atomic E-state index is 12.6. The number of carbonyl (C=O) groups is 1. The lowest BCUT2D eigenvalue weighted by atomic mass is 10.3. The lowest BCUT2D eigenvalue weighted by Gasteiger charge is -2.12. The Morgan fingerprint density at radius 2 is 1.86 bits per heavy atom. The number of para-hydroxylation sites is 2. The standard InChI is InChI=1S/C19H19BrN4O4S/c1-3-24-12-15(20)18(22-24)19(25)21-13-8-10-14(11-9-13)29(26,27)23-16-6-4-5-7-17(16)28-2/h4-12,23H,3H2,1-2H3,(H,21,25). The van der Waals surface area contributed by atoms with Gasteiger partial charge >= 0.3 is 0 Å². The van der Waals surface area contributed by atoms with Gasteiger partial charge in [0.25, 0.3) is 15.9 Å². The fourth-order valence-electron chi connectivity index (χ4n) is 2.55. The maximum Gasteiger partial charge on any atom is 0.277 e. The highest BCUT2D eigenvalue weighted by atomic mass is 79.9. The van der Waals surface area contributed by atoms with E-state index < -0.39 is 15.9 Å². The lowest BCUT2D eigenvalue weighted by molar-refractivity contribution is 0.102. The van der Waals surface area contributed by atoms with E-state index in [-0.39, 0.29) is 10.6 Å². The number of hydrogen-bond donors (Lipinski definition) is 2. The fraction of sp³-hybridized carbons (Fsp3) is 0.158. The zero-order valence-electron chi connectivity index (χ0n) is 15.7. The summed E-state index contributed by atoms with van der Waals surface area (Å²) in [6.45, 7) is 2.55. The molecule has 10 heteroatoms. The van der Waals surface area contributed by atoms with Crippen LogP contribution in [0.25, 0.3) is 0 Å². The van der Waals surface area contributed by atoms with Crippen LogP contribution in [0.2, 0.25) is 0 Å². The van der Waals surface area contributed by atoms with Crippen molar-refractivity contribution in [3.05, 3.63) is 64.9 Å². The molecule has 1 amide bonds. The average molecular weight is 479 g/mol. The third-order valence-corrected chi connectivity index (χ3v) is 5.99. The highest BCUT2D eigenvalue weighted by Gasteiger charge is 2.18. The highest BCUT2D eigenvalue weighted by Crippen LogP contribution is 2.26. The summed E-state index contributed by atoms with van der Waals surface area (Å²) in [7, 11) is -2.35. The van der Waals surface area contributed by atoms with Crippen LogP contribution >= 0.6 is 15.9 Å². The number of carbonyl (C=O) groups excluding carboxylic acids is 1. The zero-order chi connectivity index (χ0) is 21.0. The molecule has 2 N–H and O–H groups in total. The minimum Gasteiger partial charge on any atom is -0.495 e. The topological polar surface area (TPSA) is 102 Å². The van der Waals surface area contributed by atoms with E-state index in [1.165, 1.54) is 31.4 Å². The number of methoxy groups -OCH3 is 1. The average Bonchev–Trinajstić information content (AvgIpc) is 3.09. The molecule has 0 aliphatic carbocycles. The third kappa shape index (κ3) is 4.77. The number of hydrogen-bond acceptors (Lipinski definition) is 5. The SMILES string of the molecule is CCn1cc(Br)c(C(=O)Nc2ccc(S(=O)(=O)Nc3ccccc3OC)cc2)n1. The number of aryl methyl sites for hydroxylation is 1. The van der Waals surface area contributed by atoms with Crippen LogP contribution in [0, 0.1) is 0 Å². The van der Waals surface area contributed by atoms with Gasteiger partial charge in [-0.25, -0.2) is 8.42 Å². The first-order chi connectivity index (χ1) is 13.8. The van der Waals surface area contributed by atoms with Crippen LogP contribution in [0.3, 0.4) is 0 Å². The molecule has 2 aromatic carbocycles. The van der Waals surface area contributed by atoms with Crippen molar-refractivity contribution < 1.29 is 17.9 Å². The van der Waals surface area contributed by atoms with Gasteiger partial charge in [0, 0.05) is 18.4 Å². The molecule has 29 heavy (non-hydrogen) atoms. The molecule has 8 nitrogen and oxygen atoms in total. The molecule has 0 atom stereocenters. The normalized spacial score (nSPS) is 11.1. The predicted molar refractivity (Wildman–Crippen MR) is 114 cm³/mol. The lowest BCUT2D eigenvalue weighted by Crippen LogP contribution is -2.15. The van der Waals surface area contributed by atoms with Gasteiger partial charge in [-0.3, -0.25) is 14.2 Å². The van der Waals surface area contributed by atoms with Crippen LogP contribution in [0.15, 0.2) is 64.1 Å². The van der Waals surface area contributed by atoms with Crippen LogP contribution < -0.4 is 14.8 Å². The van der Waals surface area contributed by atoms with Crippen molar-refractivity contribution in [2.75, 3.05) is 17.1 Å². The van der Waals surface area contributed by atoms with Crippen LogP contribution in [-0.2, 0) is 16.6 Å². The van der Waals surface area contributed by atoms with Gasteiger partial charge in [0.05, 0.1) is 22.2 Å². The Kier molecular flexibility index (Phi) is 6.23.